The molecule has 0 atom stereocenters. The second-order valence-electron chi connectivity index (χ2n) is 4.84. The summed E-state index contributed by atoms with van der Waals surface area (Å²) in [5, 5.41) is 0. The summed E-state index contributed by atoms with van der Waals surface area (Å²) in [7, 11) is 1.70. The fourth-order valence-electron chi connectivity index (χ4n) is 2.21. The van der Waals surface area contributed by atoms with E-state index < -0.39 is 0 Å². The Balaban J connectivity index is 1.89. The summed E-state index contributed by atoms with van der Waals surface area (Å²) in [4.78, 5) is 19.4. The lowest BCUT2D eigenvalue weighted by Crippen LogP contribution is -2.27. The fraction of sp³-hybridized carbons (Fsp3) is 0.250. The van der Waals surface area contributed by atoms with Gasteiger partial charge >= 0.3 is 0 Å². The number of hydrogen-bond acceptors (Lipinski definition) is 6. The molecule has 0 amide bonds. The van der Waals surface area contributed by atoms with Gasteiger partial charge in [0.15, 0.2) is 5.65 Å². The Hall–Kier alpha value is -2.60. The van der Waals surface area contributed by atoms with Gasteiger partial charge in [0, 0.05) is 45.0 Å². The van der Waals surface area contributed by atoms with E-state index in [1.165, 1.54) is 0 Å². The minimum Gasteiger partial charge on any atom is -0.383 e. The number of aromatic nitrogens is 4. The van der Waals surface area contributed by atoms with Gasteiger partial charge < -0.3 is 9.64 Å². The molecule has 0 aromatic carbocycles. The first-order valence-electron chi connectivity index (χ1n) is 7.07. The molecule has 22 heavy (non-hydrogen) atoms. The summed E-state index contributed by atoms with van der Waals surface area (Å²) in [5.74, 6) is 0.855. The molecule has 0 aliphatic rings. The molecule has 0 bridgehead atoms. The minimum atomic E-state index is 0.625. The largest absolute Gasteiger partial charge is 0.383 e. The zero-order chi connectivity index (χ0) is 15.2. The highest BCUT2D eigenvalue weighted by Crippen LogP contribution is 2.17. The van der Waals surface area contributed by atoms with Crippen LogP contribution < -0.4 is 4.90 Å². The Morgan fingerprint density at radius 1 is 1.09 bits per heavy atom. The minimum absolute atomic E-state index is 0.625. The van der Waals surface area contributed by atoms with E-state index in [9.17, 15) is 0 Å². The number of nitrogens with zero attached hydrogens (tertiary/aromatic N) is 5. The smallest absolute Gasteiger partial charge is 0.180 e. The fourth-order valence-corrected chi connectivity index (χ4v) is 2.21. The molecule has 3 aromatic heterocycles. The van der Waals surface area contributed by atoms with Crippen LogP contribution in [0, 0.1) is 0 Å². The van der Waals surface area contributed by atoms with Crippen LogP contribution in [-0.4, -0.2) is 40.2 Å². The van der Waals surface area contributed by atoms with E-state index >= 15 is 0 Å². The number of rotatable bonds is 6. The molecule has 3 heterocycles. The standard InChI is InChI=1S/C16H17N5O/c1-22-10-9-21(12-13-3-2-6-17-11-13)15-5-4-14-16(20-15)19-8-7-18-14/h2-8,11H,9-10,12H2,1H3. The molecule has 0 saturated carbocycles. The topological polar surface area (TPSA) is 64.0 Å². The lowest BCUT2D eigenvalue weighted by atomic mass is 10.2. The highest BCUT2D eigenvalue weighted by Gasteiger charge is 2.10. The Morgan fingerprint density at radius 3 is 2.82 bits per heavy atom. The van der Waals surface area contributed by atoms with E-state index in [4.69, 9.17) is 4.74 Å². The molecule has 0 unspecified atom stereocenters. The summed E-state index contributed by atoms with van der Waals surface area (Å²) >= 11 is 0. The van der Waals surface area contributed by atoms with E-state index in [-0.39, 0.29) is 0 Å². The molecule has 0 saturated heterocycles. The van der Waals surface area contributed by atoms with Crippen LogP contribution >= 0.6 is 0 Å². The van der Waals surface area contributed by atoms with E-state index in [2.05, 4.69) is 24.8 Å². The Labute approximate surface area is 128 Å². The molecule has 0 spiro atoms. The molecule has 0 aliphatic heterocycles. The average Bonchev–Trinajstić information content (AvgIpc) is 2.59. The molecular formula is C16H17N5O. The number of hydrogen-bond donors (Lipinski definition) is 0. The van der Waals surface area contributed by atoms with Crippen molar-refractivity contribution < 1.29 is 4.74 Å². The predicted octanol–water partition coefficient (Wildman–Crippen LogP) is 2.07. The first-order valence-corrected chi connectivity index (χ1v) is 7.07. The van der Waals surface area contributed by atoms with Crippen LogP contribution in [0.3, 0.4) is 0 Å². The van der Waals surface area contributed by atoms with Crippen molar-refractivity contribution in [2.24, 2.45) is 0 Å². The number of fused-ring (bicyclic) bond motifs is 1. The van der Waals surface area contributed by atoms with Gasteiger partial charge in [0.05, 0.1) is 6.61 Å². The third-order valence-electron chi connectivity index (χ3n) is 3.30. The van der Waals surface area contributed by atoms with Crippen LogP contribution in [0.4, 0.5) is 5.82 Å². The van der Waals surface area contributed by atoms with Gasteiger partial charge in [-0.2, -0.15) is 0 Å². The quantitative estimate of drug-likeness (QED) is 0.693. The van der Waals surface area contributed by atoms with E-state index in [0.29, 0.717) is 12.3 Å². The summed E-state index contributed by atoms with van der Waals surface area (Å²) in [6.07, 6.45) is 6.95. The maximum absolute atomic E-state index is 5.21. The van der Waals surface area contributed by atoms with Gasteiger partial charge in [-0.25, -0.2) is 9.97 Å². The van der Waals surface area contributed by atoms with Gasteiger partial charge in [0.1, 0.15) is 11.3 Å². The lowest BCUT2D eigenvalue weighted by Gasteiger charge is -2.23. The van der Waals surface area contributed by atoms with Gasteiger partial charge in [-0.3, -0.25) is 9.97 Å². The Morgan fingerprint density at radius 2 is 2.00 bits per heavy atom. The van der Waals surface area contributed by atoms with Crippen LogP contribution in [-0.2, 0) is 11.3 Å². The first kappa shape index (κ1) is 14.3. The molecule has 3 rings (SSSR count). The maximum atomic E-state index is 5.21. The Bertz CT molecular complexity index is 735. The van der Waals surface area contributed by atoms with E-state index in [0.717, 1.165) is 30.0 Å². The van der Waals surface area contributed by atoms with Crippen LogP contribution in [0.2, 0.25) is 0 Å². The molecule has 3 aromatic rings. The predicted molar refractivity (Wildman–Crippen MR) is 84.5 cm³/mol. The lowest BCUT2D eigenvalue weighted by molar-refractivity contribution is 0.205. The van der Waals surface area contributed by atoms with Gasteiger partial charge in [-0.05, 0) is 23.8 Å². The highest BCUT2D eigenvalue weighted by molar-refractivity contribution is 5.71. The second kappa shape index (κ2) is 6.91. The van der Waals surface area contributed by atoms with E-state index in [1.54, 1.807) is 25.7 Å². The van der Waals surface area contributed by atoms with Crippen molar-refractivity contribution in [2.45, 2.75) is 6.54 Å². The third kappa shape index (κ3) is 3.35. The number of anilines is 1. The normalized spacial score (nSPS) is 10.8. The van der Waals surface area contributed by atoms with Gasteiger partial charge in [-0.1, -0.05) is 6.07 Å². The molecule has 0 radical (unpaired) electrons. The summed E-state index contributed by atoms with van der Waals surface area (Å²) in [6.45, 7) is 2.08. The number of pyridine rings is 2. The monoisotopic (exact) mass is 295 g/mol. The van der Waals surface area contributed by atoms with Crippen molar-refractivity contribution in [1.29, 1.82) is 0 Å². The van der Waals surface area contributed by atoms with Crippen LogP contribution in [0.5, 0.6) is 0 Å². The van der Waals surface area contributed by atoms with Gasteiger partial charge in [-0.15, -0.1) is 0 Å². The SMILES string of the molecule is COCCN(Cc1cccnc1)c1ccc2nccnc2n1. The first-order chi connectivity index (χ1) is 10.9. The molecule has 6 heteroatoms. The summed E-state index contributed by atoms with van der Waals surface area (Å²) in [5.41, 5.74) is 2.56. The molecule has 0 N–H and O–H groups in total. The van der Waals surface area contributed by atoms with Crippen molar-refractivity contribution in [3.63, 3.8) is 0 Å². The maximum Gasteiger partial charge on any atom is 0.180 e. The van der Waals surface area contributed by atoms with Crippen molar-refractivity contribution in [3.8, 4) is 0 Å². The Kier molecular flexibility index (Phi) is 4.50. The van der Waals surface area contributed by atoms with Gasteiger partial charge in [0.25, 0.3) is 0 Å². The van der Waals surface area contributed by atoms with Crippen LogP contribution in [0.15, 0.2) is 49.1 Å². The van der Waals surface area contributed by atoms with Crippen LogP contribution in [0.25, 0.3) is 11.2 Å². The zero-order valence-corrected chi connectivity index (χ0v) is 12.4. The van der Waals surface area contributed by atoms with Crippen molar-refractivity contribution in [1.82, 2.24) is 19.9 Å². The van der Waals surface area contributed by atoms with E-state index in [1.807, 2.05) is 30.5 Å². The van der Waals surface area contributed by atoms with Gasteiger partial charge in [0.2, 0.25) is 0 Å². The highest BCUT2D eigenvalue weighted by atomic mass is 16.5. The van der Waals surface area contributed by atoms with Crippen molar-refractivity contribution >= 4 is 17.0 Å². The second-order valence-corrected chi connectivity index (χ2v) is 4.84. The summed E-state index contributed by atoms with van der Waals surface area (Å²) in [6, 6.07) is 7.88. The molecule has 0 fully saturated rings. The average molecular weight is 295 g/mol. The van der Waals surface area contributed by atoms with Crippen molar-refractivity contribution in [3.05, 3.63) is 54.6 Å². The molecular weight excluding hydrogens is 278 g/mol. The number of methoxy groups -OCH3 is 1. The number of ether oxygens (including phenoxy) is 1. The third-order valence-corrected chi connectivity index (χ3v) is 3.30. The summed E-state index contributed by atoms with van der Waals surface area (Å²) < 4.78 is 5.21. The van der Waals surface area contributed by atoms with Crippen molar-refractivity contribution in [2.75, 3.05) is 25.2 Å². The van der Waals surface area contributed by atoms with Crippen LogP contribution in [0.1, 0.15) is 5.56 Å². The molecule has 6 nitrogen and oxygen atoms in total. The zero-order valence-electron chi connectivity index (χ0n) is 12.4. The molecule has 112 valence electrons. The molecule has 0 aliphatic carbocycles.